The first-order chi connectivity index (χ1) is 17.0. The van der Waals surface area contributed by atoms with E-state index < -0.39 is 22.7 Å². The number of thiazole rings is 1. The van der Waals surface area contributed by atoms with E-state index in [0.717, 1.165) is 17.5 Å². The molecule has 0 fully saturated rings. The lowest BCUT2D eigenvalue weighted by atomic mass is 10.0. The van der Waals surface area contributed by atoms with Gasteiger partial charge in [-0.2, -0.15) is 13.2 Å². The lowest BCUT2D eigenvalue weighted by molar-refractivity contribution is -0.137. The van der Waals surface area contributed by atoms with Gasteiger partial charge in [0.15, 0.2) is 5.78 Å². The Hall–Kier alpha value is -3.78. The van der Waals surface area contributed by atoms with Crippen LogP contribution in [0.4, 0.5) is 19.0 Å². The Balaban J connectivity index is 1.43. The molecule has 4 aromatic heterocycles. The minimum atomic E-state index is -4.70. The van der Waals surface area contributed by atoms with Crippen LogP contribution in [-0.2, 0) is 6.18 Å². The summed E-state index contributed by atoms with van der Waals surface area (Å²) in [7, 11) is 0. The molecular weight excluding hydrogens is 523 g/mol. The van der Waals surface area contributed by atoms with Crippen molar-refractivity contribution >= 4 is 40.4 Å². The number of pyridine rings is 1. The first kappa shape index (κ1) is 25.3. The topological polar surface area (TPSA) is 137 Å². The third-order valence-electron chi connectivity index (χ3n) is 4.76. The highest BCUT2D eigenvalue weighted by atomic mass is 35.5. The van der Waals surface area contributed by atoms with Crippen LogP contribution in [0.2, 0.25) is 5.02 Å². The number of nitrogens with zero attached hydrogens (tertiary/aromatic N) is 6. The Bertz CT molecular complexity index is 1440. The molecule has 0 aliphatic rings. The van der Waals surface area contributed by atoms with Gasteiger partial charge in [-0.15, -0.1) is 21.5 Å². The largest absolute Gasteiger partial charge is 0.420 e. The van der Waals surface area contributed by atoms with E-state index in [4.69, 9.17) is 16.0 Å². The number of hydrogen-bond donors (Lipinski definition) is 1. The summed E-state index contributed by atoms with van der Waals surface area (Å²) in [4.78, 5) is 41.3. The van der Waals surface area contributed by atoms with Crippen molar-refractivity contribution < 1.29 is 27.2 Å². The number of ketones is 1. The number of aromatic nitrogens is 6. The predicted octanol–water partition coefficient (Wildman–Crippen LogP) is 4.99. The maximum Gasteiger partial charge on any atom is 0.418 e. The van der Waals surface area contributed by atoms with Gasteiger partial charge in [-0.1, -0.05) is 18.5 Å². The van der Waals surface area contributed by atoms with Gasteiger partial charge in [-0.25, -0.2) is 19.9 Å². The van der Waals surface area contributed by atoms with Crippen molar-refractivity contribution in [1.29, 1.82) is 0 Å². The molecule has 0 aromatic carbocycles. The normalized spacial score (nSPS) is 12.4. The molecule has 0 radical (unpaired) electrons. The summed E-state index contributed by atoms with van der Waals surface area (Å²) in [6.07, 6.45) is -1.37. The molecule has 4 heterocycles. The van der Waals surface area contributed by atoms with E-state index >= 15 is 0 Å². The molecule has 186 valence electrons. The first-order valence-corrected chi connectivity index (χ1v) is 11.4. The van der Waals surface area contributed by atoms with E-state index in [9.17, 15) is 22.8 Å². The number of hydrogen-bond acceptors (Lipinski definition) is 10. The summed E-state index contributed by atoms with van der Waals surface area (Å²) < 4.78 is 44.4. The van der Waals surface area contributed by atoms with Crippen LogP contribution in [0.5, 0.6) is 0 Å². The lowest BCUT2D eigenvalue weighted by Crippen LogP contribution is -2.13. The van der Waals surface area contributed by atoms with E-state index in [1.165, 1.54) is 18.6 Å². The number of nitrogens with one attached hydrogen (secondary N) is 1. The Morgan fingerprint density at radius 3 is 2.61 bits per heavy atom. The Morgan fingerprint density at radius 2 is 1.92 bits per heavy atom. The van der Waals surface area contributed by atoms with Crippen LogP contribution in [0.3, 0.4) is 0 Å². The van der Waals surface area contributed by atoms with Crippen molar-refractivity contribution in [2.75, 3.05) is 5.32 Å². The van der Waals surface area contributed by atoms with Gasteiger partial charge >= 0.3 is 6.18 Å². The summed E-state index contributed by atoms with van der Waals surface area (Å²) >= 11 is 6.55. The van der Waals surface area contributed by atoms with Gasteiger partial charge in [0, 0.05) is 25.5 Å². The lowest BCUT2D eigenvalue weighted by Gasteiger charge is -2.10. The average Bonchev–Trinajstić information content (AvgIpc) is 3.49. The van der Waals surface area contributed by atoms with Crippen molar-refractivity contribution in [3.63, 3.8) is 0 Å². The molecular formula is C21H15ClF3N7O3S. The second kappa shape index (κ2) is 10.1. The van der Waals surface area contributed by atoms with E-state index in [1.54, 1.807) is 13.8 Å². The van der Waals surface area contributed by atoms with Gasteiger partial charge in [0.25, 0.3) is 11.8 Å². The molecule has 4 rings (SSSR count). The second-order valence-electron chi connectivity index (χ2n) is 7.51. The van der Waals surface area contributed by atoms with Crippen LogP contribution < -0.4 is 5.32 Å². The molecule has 0 aliphatic heterocycles. The third kappa shape index (κ3) is 5.71. The predicted molar refractivity (Wildman–Crippen MR) is 122 cm³/mol. The standard InChI is InChI=1S/C21H15ClF3N7O3S/c1-9(3-15(33)13-5-14(29-8-28-13)19-32-31-10(2)35-19)20-27-7-16(36-20)18(34)30-17-4-11(21(23,24)25)12(22)6-26-17/h4-9H,3H2,1-2H3,(H,26,30,34)/t9-/m0/s1. The van der Waals surface area contributed by atoms with Crippen molar-refractivity contribution in [2.24, 2.45) is 0 Å². The molecule has 0 saturated carbocycles. The number of alkyl halides is 3. The molecule has 0 saturated heterocycles. The zero-order chi connectivity index (χ0) is 26.0. The number of carbonyl (C=O) groups excluding carboxylic acids is 2. The van der Waals surface area contributed by atoms with Crippen LogP contribution in [0.25, 0.3) is 11.6 Å². The van der Waals surface area contributed by atoms with E-state index in [2.05, 4.69) is 35.5 Å². The fourth-order valence-corrected chi connectivity index (χ4v) is 4.09. The summed E-state index contributed by atoms with van der Waals surface area (Å²) in [5.41, 5.74) is -0.667. The number of Topliss-reactive ketones (excluding diaryl/α,β-unsaturated/α-hetero) is 1. The second-order valence-corrected chi connectivity index (χ2v) is 8.98. The van der Waals surface area contributed by atoms with E-state index in [1.807, 2.05) is 0 Å². The fourth-order valence-electron chi connectivity index (χ4n) is 3.02. The zero-order valence-corrected chi connectivity index (χ0v) is 20.1. The number of anilines is 1. The van der Waals surface area contributed by atoms with E-state index in [0.29, 0.717) is 22.7 Å². The Morgan fingerprint density at radius 1 is 1.14 bits per heavy atom. The summed E-state index contributed by atoms with van der Waals surface area (Å²) in [6, 6.07) is 2.09. The summed E-state index contributed by atoms with van der Waals surface area (Å²) in [5, 5.41) is 9.79. The number of carbonyl (C=O) groups is 2. The maximum atomic E-state index is 13.0. The molecule has 0 spiro atoms. The van der Waals surface area contributed by atoms with Gasteiger partial charge in [0.05, 0.1) is 21.8 Å². The van der Waals surface area contributed by atoms with Gasteiger partial charge in [-0.3, -0.25) is 9.59 Å². The SMILES string of the molecule is Cc1nnc(-c2cc(C(=O)C[C@H](C)c3ncc(C(=O)Nc4cc(C(F)(F)F)c(Cl)cn4)s3)ncn2)o1. The van der Waals surface area contributed by atoms with Gasteiger partial charge in [0.2, 0.25) is 5.89 Å². The highest BCUT2D eigenvalue weighted by Crippen LogP contribution is 2.35. The smallest absolute Gasteiger partial charge is 0.418 e. The van der Waals surface area contributed by atoms with Gasteiger partial charge in [0.1, 0.15) is 28.4 Å². The monoisotopic (exact) mass is 537 g/mol. The molecule has 0 aliphatic carbocycles. The van der Waals surface area contributed by atoms with Gasteiger partial charge in [-0.05, 0) is 12.1 Å². The Labute approximate surface area is 210 Å². The summed E-state index contributed by atoms with van der Waals surface area (Å²) in [5.74, 6) is -1.18. The molecule has 4 aromatic rings. The number of amides is 1. The van der Waals surface area contributed by atoms with Gasteiger partial charge < -0.3 is 9.73 Å². The van der Waals surface area contributed by atoms with Crippen LogP contribution in [-0.4, -0.2) is 41.8 Å². The molecule has 1 amide bonds. The minimum absolute atomic E-state index is 0.0293. The quantitative estimate of drug-likeness (QED) is 0.323. The van der Waals surface area contributed by atoms with Crippen LogP contribution in [0, 0.1) is 6.92 Å². The average molecular weight is 538 g/mol. The highest BCUT2D eigenvalue weighted by molar-refractivity contribution is 7.13. The molecule has 15 heteroatoms. The van der Waals surface area contributed by atoms with Crippen molar-refractivity contribution in [3.8, 4) is 11.6 Å². The highest BCUT2D eigenvalue weighted by Gasteiger charge is 2.34. The molecule has 0 unspecified atom stereocenters. The number of rotatable bonds is 7. The first-order valence-electron chi connectivity index (χ1n) is 10.2. The van der Waals surface area contributed by atoms with Crippen molar-refractivity contribution in [1.82, 2.24) is 30.1 Å². The fraction of sp³-hybridized carbons (Fsp3) is 0.238. The molecule has 36 heavy (non-hydrogen) atoms. The van der Waals surface area contributed by atoms with Crippen LogP contribution in [0.15, 0.2) is 35.3 Å². The molecule has 1 atom stereocenters. The Kier molecular flexibility index (Phi) is 7.08. The number of aryl methyl sites for hydroxylation is 1. The van der Waals surface area contributed by atoms with Crippen molar-refractivity contribution in [2.45, 2.75) is 32.4 Å². The van der Waals surface area contributed by atoms with Crippen LogP contribution in [0.1, 0.15) is 55.9 Å². The van der Waals surface area contributed by atoms with Crippen LogP contribution >= 0.6 is 22.9 Å². The summed E-state index contributed by atoms with van der Waals surface area (Å²) in [6.45, 7) is 3.37. The minimum Gasteiger partial charge on any atom is -0.420 e. The zero-order valence-electron chi connectivity index (χ0n) is 18.5. The third-order valence-corrected chi connectivity index (χ3v) is 6.29. The van der Waals surface area contributed by atoms with Crippen molar-refractivity contribution in [3.05, 3.63) is 62.9 Å². The maximum absolute atomic E-state index is 13.0. The molecule has 1 N–H and O–H groups in total. The molecule has 10 nitrogen and oxygen atoms in total. The van der Waals surface area contributed by atoms with E-state index in [-0.39, 0.29) is 40.4 Å². The number of halogens is 4. The molecule has 0 bridgehead atoms.